The third-order valence-corrected chi connectivity index (χ3v) is 3.78. The number of carbonyl (C=O) groups excluding carboxylic acids is 1. The number of carbonyl (C=O) groups is 1. The number of amides is 1. The minimum Gasteiger partial charge on any atom is -0.302 e. The first kappa shape index (κ1) is 14.1. The van der Waals surface area contributed by atoms with E-state index >= 15 is 0 Å². The van der Waals surface area contributed by atoms with Crippen molar-refractivity contribution < 1.29 is 4.79 Å². The summed E-state index contributed by atoms with van der Waals surface area (Å²) in [5, 5.41) is 0. The molecule has 0 aromatic heterocycles. The summed E-state index contributed by atoms with van der Waals surface area (Å²) in [7, 11) is 0. The van der Waals surface area contributed by atoms with Crippen molar-refractivity contribution in [1.82, 2.24) is 0 Å². The molecule has 0 saturated heterocycles. The van der Waals surface area contributed by atoms with Gasteiger partial charge in [-0.2, -0.15) is 0 Å². The molecule has 0 atom stereocenters. The zero-order valence-corrected chi connectivity index (χ0v) is 12.7. The highest BCUT2D eigenvalue weighted by Crippen LogP contribution is 2.41. The van der Waals surface area contributed by atoms with Gasteiger partial charge in [0.15, 0.2) is 0 Å². The first-order valence-electron chi connectivity index (χ1n) is 6.57. The van der Waals surface area contributed by atoms with Gasteiger partial charge in [-0.3, -0.25) is 4.79 Å². The van der Waals surface area contributed by atoms with Crippen molar-refractivity contribution in [2.24, 2.45) is 0 Å². The van der Waals surface area contributed by atoms with Gasteiger partial charge in [0, 0.05) is 17.9 Å². The Labute approximate surface area is 120 Å². The number of rotatable bonds is 2. The smallest absolute Gasteiger partial charge is 0.228 e. The molecule has 0 fully saturated rings. The number of hydrogen-bond acceptors (Lipinski definition) is 1. The van der Waals surface area contributed by atoms with Crippen LogP contribution in [-0.4, -0.2) is 17.3 Å². The average molecular weight is 278 g/mol. The lowest BCUT2D eigenvalue weighted by atomic mass is 9.87. The molecule has 1 aromatic carbocycles. The van der Waals surface area contributed by atoms with Gasteiger partial charge in [0.1, 0.15) is 0 Å². The van der Waals surface area contributed by atoms with E-state index in [-0.39, 0.29) is 11.4 Å². The Morgan fingerprint density at radius 2 is 2.00 bits per heavy atom. The fourth-order valence-corrected chi connectivity index (χ4v) is 3.03. The van der Waals surface area contributed by atoms with Crippen LogP contribution in [0.4, 0.5) is 5.69 Å². The maximum atomic E-state index is 12.4. The van der Waals surface area contributed by atoms with E-state index in [1.807, 2.05) is 11.0 Å². The first-order valence-corrected chi connectivity index (χ1v) is 7.10. The Hall–Kier alpha value is -1.28. The molecule has 0 radical (unpaired) electrons. The molecule has 0 N–H and O–H groups in total. The van der Waals surface area contributed by atoms with Crippen molar-refractivity contribution in [3.63, 3.8) is 0 Å². The van der Waals surface area contributed by atoms with Crippen LogP contribution in [0.3, 0.4) is 0 Å². The fourth-order valence-electron chi connectivity index (χ4n) is 2.87. The van der Waals surface area contributed by atoms with Crippen molar-refractivity contribution in [2.75, 3.05) is 10.8 Å². The summed E-state index contributed by atoms with van der Waals surface area (Å²) in [6, 6.07) is 6.16. The molecular formula is C16H20ClNO. The second-order valence-corrected chi connectivity index (χ2v) is 6.00. The molecule has 0 bridgehead atoms. The van der Waals surface area contributed by atoms with Gasteiger partial charge in [-0.25, -0.2) is 0 Å². The second kappa shape index (κ2) is 5.01. The largest absolute Gasteiger partial charge is 0.302 e. The Bertz CT molecular complexity index is 546. The molecule has 3 heteroatoms. The van der Waals surface area contributed by atoms with Gasteiger partial charge in [-0.15, -0.1) is 11.6 Å². The molecule has 102 valence electrons. The molecule has 1 aliphatic rings. The number of hydrogen-bond donors (Lipinski definition) is 0. The number of alkyl halides is 1. The maximum absolute atomic E-state index is 12.4. The van der Waals surface area contributed by atoms with Gasteiger partial charge < -0.3 is 4.90 Å². The van der Waals surface area contributed by atoms with Crippen LogP contribution in [0.2, 0.25) is 0 Å². The van der Waals surface area contributed by atoms with Gasteiger partial charge in [0.25, 0.3) is 0 Å². The first-order chi connectivity index (χ1) is 8.88. The van der Waals surface area contributed by atoms with E-state index in [4.69, 9.17) is 11.6 Å². The molecule has 0 unspecified atom stereocenters. The predicted molar refractivity (Wildman–Crippen MR) is 81.7 cm³/mol. The standard InChI is InChI=1S/C16H20ClNO/c1-11-6-5-7-13-12(2)10-16(3,4)18(15(11)13)14(19)8-9-17/h5-7,10H,8-9H2,1-4H3. The summed E-state index contributed by atoms with van der Waals surface area (Å²) in [6.45, 7) is 8.29. The van der Waals surface area contributed by atoms with E-state index in [2.05, 4.69) is 45.9 Å². The van der Waals surface area contributed by atoms with E-state index in [9.17, 15) is 4.79 Å². The Morgan fingerprint density at radius 1 is 1.32 bits per heavy atom. The Kier molecular flexibility index (Phi) is 3.73. The molecule has 2 nitrogen and oxygen atoms in total. The van der Waals surface area contributed by atoms with Gasteiger partial charge in [-0.05, 0) is 38.8 Å². The molecule has 19 heavy (non-hydrogen) atoms. The lowest BCUT2D eigenvalue weighted by molar-refractivity contribution is -0.119. The molecule has 0 spiro atoms. The van der Waals surface area contributed by atoms with Crippen LogP contribution in [-0.2, 0) is 4.79 Å². The second-order valence-electron chi connectivity index (χ2n) is 5.62. The van der Waals surface area contributed by atoms with Crippen LogP contribution in [0.5, 0.6) is 0 Å². The van der Waals surface area contributed by atoms with Crippen molar-refractivity contribution in [2.45, 2.75) is 39.7 Å². The van der Waals surface area contributed by atoms with Gasteiger partial charge in [-0.1, -0.05) is 24.3 Å². The third-order valence-electron chi connectivity index (χ3n) is 3.59. The molecule has 0 saturated carbocycles. The molecule has 2 rings (SSSR count). The van der Waals surface area contributed by atoms with Crippen LogP contribution >= 0.6 is 11.6 Å². The SMILES string of the molecule is CC1=CC(C)(C)N(C(=O)CCCl)c2c(C)cccc21. The summed E-state index contributed by atoms with van der Waals surface area (Å²) in [4.78, 5) is 14.3. The lowest BCUT2D eigenvalue weighted by Crippen LogP contribution is -2.49. The summed E-state index contributed by atoms with van der Waals surface area (Å²) < 4.78 is 0. The van der Waals surface area contributed by atoms with Crippen molar-refractivity contribution in [3.8, 4) is 0 Å². The van der Waals surface area contributed by atoms with E-state index in [0.717, 1.165) is 16.8 Å². The maximum Gasteiger partial charge on any atom is 0.228 e. The topological polar surface area (TPSA) is 20.3 Å². The number of fused-ring (bicyclic) bond motifs is 1. The summed E-state index contributed by atoms with van der Waals surface area (Å²) in [5.41, 5.74) is 4.20. The van der Waals surface area contributed by atoms with Crippen LogP contribution in [0, 0.1) is 6.92 Å². The summed E-state index contributed by atoms with van der Waals surface area (Å²) in [5.74, 6) is 0.439. The van der Waals surface area contributed by atoms with Crippen LogP contribution in [0.25, 0.3) is 5.57 Å². The highest BCUT2D eigenvalue weighted by Gasteiger charge is 2.35. The fraction of sp³-hybridized carbons (Fsp3) is 0.438. The van der Waals surface area contributed by atoms with Crippen LogP contribution in [0.1, 0.15) is 38.3 Å². The Morgan fingerprint density at radius 3 is 2.63 bits per heavy atom. The predicted octanol–water partition coefficient (Wildman–Crippen LogP) is 4.15. The number of halogens is 1. The molecule has 0 aliphatic carbocycles. The van der Waals surface area contributed by atoms with Gasteiger partial charge in [0.05, 0.1) is 11.2 Å². The van der Waals surface area contributed by atoms with E-state index in [0.29, 0.717) is 12.3 Å². The normalized spacial score (nSPS) is 16.9. The number of nitrogens with zero attached hydrogens (tertiary/aromatic N) is 1. The third kappa shape index (κ3) is 2.42. The van der Waals surface area contributed by atoms with E-state index in [1.165, 1.54) is 5.57 Å². The number of allylic oxidation sites excluding steroid dienone is 1. The van der Waals surface area contributed by atoms with E-state index in [1.54, 1.807) is 0 Å². The van der Waals surface area contributed by atoms with Crippen LogP contribution < -0.4 is 4.90 Å². The number of para-hydroxylation sites is 1. The number of benzene rings is 1. The molecule has 1 amide bonds. The molecule has 1 heterocycles. The van der Waals surface area contributed by atoms with Crippen LogP contribution in [0.15, 0.2) is 24.3 Å². The van der Waals surface area contributed by atoms with Gasteiger partial charge >= 0.3 is 0 Å². The van der Waals surface area contributed by atoms with Crippen molar-refractivity contribution in [3.05, 3.63) is 35.4 Å². The Balaban J connectivity index is 2.63. The minimum absolute atomic E-state index is 0.0827. The average Bonchev–Trinajstić information content (AvgIpc) is 2.29. The zero-order valence-electron chi connectivity index (χ0n) is 12.0. The minimum atomic E-state index is -0.313. The molecular weight excluding hydrogens is 258 g/mol. The monoisotopic (exact) mass is 277 g/mol. The highest BCUT2D eigenvalue weighted by atomic mass is 35.5. The van der Waals surface area contributed by atoms with Gasteiger partial charge in [0.2, 0.25) is 5.91 Å². The van der Waals surface area contributed by atoms with Crippen molar-refractivity contribution in [1.29, 1.82) is 0 Å². The number of anilines is 1. The lowest BCUT2D eigenvalue weighted by Gasteiger charge is -2.42. The summed E-state index contributed by atoms with van der Waals surface area (Å²) in [6.07, 6.45) is 2.52. The zero-order chi connectivity index (χ0) is 14.2. The highest BCUT2D eigenvalue weighted by molar-refractivity contribution is 6.19. The molecule has 1 aromatic rings. The summed E-state index contributed by atoms with van der Waals surface area (Å²) >= 11 is 5.74. The molecule has 1 aliphatic heterocycles. The quantitative estimate of drug-likeness (QED) is 0.744. The van der Waals surface area contributed by atoms with E-state index < -0.39 is 0 Å². The van der Waals surface area contributed by atoms with Crippen molar-refractivity contribution >= 4 is 28.8 Å². The number of aryl methyl sites for hydroxylation is 1.